The summed E-state index contributed by atoms with van der Waals surface area (Å²) < 4.78 is 14.0. The Morgan fingerprint density at radius 3 is 2.72 bits per heavy atom. The van der Waals surface area contributed by atoms with Crippen molar-refractivity contribution in [2.45, 2.75) is 32.4 Å². The Hall–Kier alpha value is -0.640. The molecule has 18 heavy (non-hydrogen) atoms. The topological polar surface area (TPSA) is 29.3 Å². The molecule has 0 aromatic heterocycles. The van der Waals surface area contributed by atoms with Gasteiger partial charge in [0.25, 0.3) is 0 Å². The van der Waals surface area contributed by atoms with E-state index in [0.717, 1.165) is 13.0 Å². The molecule has 1 saturated heterocycles. The van der Waals surface area contributed by atoms with E-state index in [2.05, 4.69) is 18.7 Å². The largest absolute Gasteiger partial charge is 0.329 e. The molecule has 0 amide bonds. The van der Waals surface area contributed by atoms with E-state index in [1.807, 2.05) is 0 Å². The third-order valence-corrected chi connectivity index (χ3v) is 4.12. The molecule has 1 aliphatic heterocycles. The van der Waals surface area contributed by atoms with Gasteiger partial charge in [0.15, 0.2) is 0 Å². The van der Waals surface area contributed by atoms with E-state index < -0.39 is 0 Å². The summed E-state index contributed by atoms with van der Waals surface area (Å²) in [6, 6.07) is 5.11. The van der Waals surface area contributed by atoms with E-state index in [0.29, 0.717) is 29.1 Å². The van der Waals surface area contributed by atoms with Crippen molar-refractivity contribution in [3.8, 4) is 0 Å². The predicted molar refractivity (Wildman–Crippen MR) is 73.2 cm³/mol. The zero-order valence-electron chi connectivity index (χ0n) is 10.9. The minimum Gasteiger partial charge on any atom is -0.329 e. The molecule has 2 rings (SSSR count). The fourth-order valence-corrected chi connectivity index (χ4v) is 3.30. The zero-order valence-corrected chi connectivity index (χ0v) is 11.6. The Morgan fingerprint density at radius 2 is 2.22 bits per heavy atom. The smallest absolute Gasteiger partial charge is 0.129 e. The van der Waals surface area contributed by atoms with Gasteiger partial charge in [-0.25, -0.2) is 4.39 Å². The standard InChI is InChI=1S/C14H20ClFN2/c1-9-6-10(2)18(8-9)13(7-17)14-11(15)4-3-5-12(14)16/h3-5,9-10,13H,6-8,17H2,1-2H3. The minimum absolute atomic E-state index is 0.126. The fraction of sp³-hybridized carbons (Fsp3) is 0.571. The van der Waals surface area contributed by atoms with Gasteiger partial charge in [-0.15, -0.1) is 0 Å². The fourth-order valence-electron chi connectivity index (χ4n) is 3.01. The lowest BCUT2D eigenvalue weighted by molar-refractivity contribution is 0.188. The predicted octanol–water partition coefficient (Wildman–Crippen LogP) is 3.21. The maximum absolute atomic E-state index is 14.0. The summed E-state index contributed by atoms with van der Waals surface area (Å²) in [4.78, 5) is 2.27. The van der Waals surface area contributed by atoms with Crippen LogP contribution in [0, 0.1) is 11.7 Å². The highest BCUT2D eigenvalue weighted by Gasteiger charge is 2.33. The molecule has 1 fully saturated rings. The maximum Gasteiger partial charge on any atom is 0.129 e. The quantitative estimate of drug-likeness (QED) is 0.914. The number of hydrogen-bond donors (Lipinski definition) is 1. The first-order chi connectivity index (χ1) is 8.54. The Morgan fingerprint density at radius 1 is 1.50 bits per heavy atom. The van der Waals surface area contributed by atoms with Crippen molar-refractivity contribution in [2.75, 3.05) is 13.1 Å². The molecule has 2 N–H and O–H groups in total. The summed E-state index contributed by atoms with van der Waals surface area (Å²) in [7, 11) is 0. The molecule has 1 aliphatic rings. The van der Waals surface area contributed by atoms with Crippen LogP contribution in [-0.2, 0) is 0 Å². The Kier molecular flexibility index (Phi) is 4.25. The third kappa shape index (κ3) is 2.53. The summed E-state index contributed by atoms with van der Waals surface area (Å²) in [5.41, 5.74) is 6.41. The Bertz CT molecular complexity index is 404. The van der Waals surface area contributed by atoms with Crippen LogP contribution in [0.3, 0.4) is 0 Å². The number of nitrogens with two attached hydrogens (primary N) is 1. The molecular weight excluding hydrogens is 251 g/mol. The van der Waals surface area contributed by atoms with Gasteiger partial charge in [0, 0.05) is 29.7 Å². The van der Waals surface area contributed by atoms with Gasteiger partial charge >= 0.3 is 0 Å². The molecular formula is C14H20ClFN2. The highest BCUT2D eigenvalue weighted by atomic mass is 35.5. The van der Waals surface area contributed by atoms with E-state index in [1.165, 1.54) is 6.07 Å². The number of likely N-dealkylation sites (tertiary alicyclic amines) is 1. The average molecular weight is 271 g/mol. The van der Waals surface area contributed by atoms with Crippen LogP contribution in [0.25, 0.3) is 0 Å². The first-order valence-electron chi connectivity index (χ1n) is 6.44. The van der Waals surface area contributed by atoms with Crippen molar-refractivity contribution < 1.29 is 4.39 Å². The molecule has 0 spiro atoms. The molecule has 3 unspecified atom stereocenters. The molecule has 2 nitrogen and oxygen atoms in total. The Labute approximate surface area is 113 Å². The van der Waals surface area contributed by atoms with Gasteiger partial charge in [-0.3, -0.25) is 4.90 Å². The van der Waals surface area contributed by atoms with Crippen molar-refractivity contribution in [3.63, 3.8) is 0 Å². The molecule has 0 aliphatic carbocycles. The van der Waals surface area contributed by atoms with Crippen LogP contribution in [0.4, 0.5) is 4.39 Å². The Balaban J connectivity index is 2.34. The van der Waals surface area contributed by atoms with Crippen molar-refractivity contribution in [1.82, 2.24) is 4.90 Å². The molecule has 0 radical (unpaired) electrons. The van der Waals surface area contributed by atoms with Crippen LogP contribution >= 0.6 is 11.6 Å². The van der Waals surface area contributed by atoms with Gasteiger partial charge in [-0.1, -0.05) is 24.6 Å². The van der Waals surface area contributed by atoms with Crippen LogP contribution in [0.5, 0.6) is 0 Å². The zero-order chi connectivity index (χ0) is 13.3. The molecule has 1 heterocycles. The number of benzene rings is 1. The lowest BCUT2D eigenvalue weighted by Crippen LogP contribution is -2.37. The van der Waals surface area contributed by atoms with Crippen LogP contribution in [-0.4, -0.2) is 24.0 Å². The van der Waals surface area contributed by atoms with Crippen LogP contribution < -0.4 is 5.73 Å². The van der Waals surface area contributed by atoms with E-state index in [9.17, 15) is 4.39 Å². The lowest BCUT2D eigenvalue weighted by atomic mass is 10.0. The normalized spacial score (nSPS) is 26.5. The van der Waals surface area contributed by atoms with Crippen LogP contribution in [0.2, 0.25) is 5.02 Å². The number of rotatable bonds is 3. The summed E-state index contributed by atoms with van der Waals surface area (Å²) in [5, 5.41) is 0.470. The van der Waals surface area contributed by atoms with Gasteiger partial charge in [-0.2, -0.15) is 0 Å². The van der Waals surface area contributed by atoms with Gasteiger partial charge in [0.2, 0.25) is 0 Å². The van der Waals surface area contributed by atoms with Gasteiger partial charge in [0.1, 0.15) is 5.82 Å². The number of hydrogen-bond acceptors (Lipinski definition) is 2. The van der Waals surface area contributed by atoms with Crippen LogP contribution in [0.1, 0.15) is 31.9 Å². The summed E-state index contributed by atoms with van der Waals surface area (Å²) in [6.07, 6.45) is 1.13. The van der Waals surface area contributed by atoms with E-state index >= 15 is 0 Å². The SMILES string of the molecule is CC1CC(C)N(C(CN)c2c(F)cccc2Cl)C1. The molecule has 0 bridgehead atoms. The highest BCUT2D eigenvalue weighted by molar-refractivity contribution is 6.31. The molecule has 100 valence electrons. The lowest BCUT2D eigenvalue weighted by Gasteiger charge is -2.31. The van der Waals surface area contributed by atoms with E-state index in [1.54, 1.807) is 12.1 Å². The third-order valence-electron chi connectivity index (χ3n) is 3.79. The number of nitrogens with zero attached hydrogens (tertiary/aromatic N) is 1. The summed E-state index contributed by atoms with van der Waals surface area (Å²) >= 11 is 6.14. The molecule has 0 saturated carbocycles. The van der Waals surface area contributed by atoms with Crippen LogP contribution in [0.15, 0.2) is 18.2 Å². The van der Waals surface area contributed by atoms with E-state index in [-0.39, 0.29) is 11.9 Å². The molecule has 4 heteroatoms. The number of halogens is 2. The van der Waals surface area contributed by atoms with Gasteiger partial charge in [0.05, 0.1) is 6.04 Å². The maximum atomic E-state index is 14.0. The van der Waals surface area contributed by atoms with Crippen molar-refractivity contribution in [3.05, 3.63) is 34.6 Å². The summed E-state index contributed by atoms with van der Waals surface area (Å²) in [5.74, 6) is 0.365. The second-order valence-corrected chi connectivity index (χ2v) is 5.68. The molecule has 1 aromatic rings. The van der Waals surface area contributed by atoms with Crippen molar-refractivity contribution >= 4 is 11.6 Å². The van der Waals surface area contributed by atoms with E-state index in [4.69, 9.17) is 17.3 Å². The van der Waals surface area contributed by atoms with Crippen molar-refractivity contribution in [2.24, 2.45) is 11.7 Å². The van der Waals surface area contributed by atoms with Gasteiger partial charge in [-0.05, 0) is 31.4 Å². The van der Waals surface area contributed by atoms with Crippen molar-refractivity contribution in [1.29, 1.82) is 0 Å². The monoisotopic (exact) mass is 270 g/mol. The minimum atomic E-state index is -0.260. The van der Waals surface area contributed by atoms with Gasteiger partial charge < -0.3 is 5.73 Å². The molecule has 1 aromatic carbocycles. The first-order valence-corrected chi connectivity index (χ1v) is 6.82. The average Bonchev–Trinajstić information content (AvgIpc) is 2.63. The second-order valence-electron chi connectivity index (χ2n) is 5.27. The highest BCUT2D eigenvalue weighted by Crippen LogP contribution is 2.35. The second kappa shape index (κ2) is 5.55. The summed E-state index contributed by atoms with van der Waals surface area (Å²) in [6.45, 7) is 5.72. The first kappa shape index (κ1) is 13.8. The molecule has 3 atom stereocenters.